The van der Waals surface area contributed by atoms with Crippen molar-refractivity contribution < 1.29 is 0 Å². The predicted octanol–water partition coefficient (Wildman–Crippen LogP) is 5.67. The molecule has 0 aromatic rings. The average Bonchev–Trinajstić information content (AvgIpc) is 2.22. The van der Waals surface area contributed by atoms with Gasteiger partial charge in [-0.15, -0.1) is 0 Å². The highest BCUT2D eigenvalue weighted by molar-refractivity contribution is 4.81. The molecule has 0 saturated carbocycles. The Morgan fingerprint density at radius 2 is 1.53 bits per heavy atom. The lowest BCUT2D eigenvalue weighted by Crippen LogP contribution is -2.30. The minimum Gasteiger partial charge on any atom is -0.0654 e. The van der Waals surface area contributed by atoms with Gasteiger partial charge in [-0.2, -0.15) is 0 Å². The molecule has 0 aliphatic heterocycles. The van der Waals surface area contributed by atoms with E-state index in [1.807, 2.05) is 0 Å². The summed E-state index contributed by atoms with van der Waals surface area (Å²) < 4.78 is 0. The Balaban J connectivity index is 3.99. The molecule has 0 heterocycles. The lowest BCUT2D eigenvalue weighted by Gasteiger charge is -2.39. The van der Waals surface area contributed by atoms with Gasteiger partial charge in [0.15, 0.2) is 0 Å². The highest BCUT2D eigenvalue weighted by Gasteiger charge is 2.31. The first-order valence-corrected chi connectivity index (χ1v) is 6.99. The van der Waals surface area contributed by atoms with E-state index in [0.29, 0.717) is 5.41 Å². The number of hydrogen-bond donors (Lipinski definition) is 0. The molecule has 0 amide bonds. The molecule has 92 valence electrons. The molecule has 0 N–H and O–H groups in total. The van der Waals surface area contributed by atoms with Crippen LogP contribution in [0.1, 0.15) is 80.1 Å². The molecule has 0 rings (SSSR count). The Bertz CT molecular complexity index is 148. The Morgan fingerprint density at radius 1 is 0.933 bits per heavy atom. The van der Waals surface area contributed by atoms with Crippen molar-refractivity contribution in [3.05, 3.63) is 0 Å². The molecule has 0 fully saturated rings. The van der Waals surface area contributed by atoms with Crippen LogP contribution in [0.5, 0.6) is 0 Å². The van der Waals surface area contributed by atoms with Crippen LogP contribution in [0.25, 0.3) is 0 Å². The number of unbranched alkanes of at least 4 members (excludes halogenated alkanes) is 3. The fourth-order valence-corrected chi connectivity index (χ4v) is 2.53. The summed E-state index contributed by atoms with van der Waals surface area (Å²) >= 11 is 0. The fourth-order valence-electron chi connectivity index (χ4n) is 2.53. The molecule has 2 atom stereocenters. The maximum Gasteiger partial charge on any atom is -0.0280 e. The van der Waals surface area contributed by atoms with Gasteiger partial charge in [0.25, 0.3) is 0 Å². The standard InChI is InChI=1S/C15H32/c1-7-9-10-11-12-14(5)15(6,8-2)13(3)4/h13-14H,7-12H2,1-6H3. The smallest absolute Gasteiger partial charge is 0.0280 e. The van der Waals surface area contributed by atoms with Crippen molar-refractivity contribution in [3.8, 4) is 0 Å². The zero-order valence-electron chi connectivity index (χ0n) is 11.9. The summed E-state index contributed by atoms with van der Waals surface area (Å²) in [5.41, 5.74) is 0.548. The first-order chi connectivity index (χ1) is 6.99. The molecule has 0 spiro atoms. The molecule has 0 aliphatic rings. The molecular formula is C15H32. The van der Waals surface area contributed by atoms with E-state index in [-0.39, 0.29) is 0 Å². The van der Waals surface area contributed by atoms with Gasteiger partial charge in [-0.25, -0.2) is 0 Å². The van der Waals surface area contributed by atoms with Crippen LogP contribution < -0.4 is 0 Å². The van der Waals surface area contributed by atoms with Gasteiger partial charge in [0.2, 0.25) is 0 Å². The van der Waals surface area contributed by atoms with Crippen LogP contribution in [0.4, 0.5) is 0 Å². The summed E-state index contributed by atoms with van der Waals surface area (Å²) in [4.78, 5) is 0. The molecule has 0 nitrogen and oxygen atoms in total. The molecule has 2 unspecified atom stereocenters. The number of hydrogen-bond acceptors (Lipinski definition) is 0. The van der Waals surface area contributed by atoms with Crippen LogP contribution in [0.2, 0.25) is 0 Å². The first-order valence-electron chi connectivity index (χ1n) is 6.99. The average molecular weight is 212 g/mol. The van der Waals surface area contributed by atoms with E-state index >= 15 is 0 Å². The molecule has 0 aliphatic carbocycles. The van der Waals surface area contributed by atoms with Gasteiger partial charge >= 0.3 is 0 Å². The Kier molecular flexibility index (Phi) is 7.30. The monoisotopic (exact) mass is 212 g/mol. The second-order valence-corrected chi connectivity index (χ2v) is 5.76. The van der Waals surface area contributed by atoms with Crippen molar-refractivity contribution in [2.75, 3.05) is 0 Å². The van der Waals surface area contributed by atoms with E-state index in [1.165, 1.54) is 38.5 Å². The number of rotatable bonds is 8. The lowest BCUT2D eigenvalue weighted by atomic mass is 9.66. The van der Waals surface area contributed by atoms with E-state index in [2.05, 4.69) is 41.5 Å². The van der Waals surface area contributed by atoms with Gasteiger partial charge in [-0.3, -0.25) is 0 Å². The molecule has 0 aromatic heterocycles. The fraction of sp³-hybridized carbons (Fsp3) is 1.00. The van der Waals surface area contributed by atoms with Gasteiger partial charge in [0, 0.05) is 0 Å². The van der Waals surface area contributed by atoms with E-state index in [0.717, 1.165) is 11.8 Å². The van der Waals surface area contributed by atoms with Crippen molar-refractivity contribution in [1.29, 1.82) is 0 Å². The maximum absolute atomic E-state index is 2.47. The predicted molar refractivity (Wildman–Crippen MR) is 71.2 cm³/mol. The minimum absolute atomic E-state index is 0.548. The Hall–Kier alpha value is 0. The van der Waals surface area contributed by atoms with E-state index in [9.17, 15) is 0 Å². The van der Waals surface area contributed by atoms with E-state index in [4.69, 9.17) is 0 Å². The van der Waals surface area contributed by atoms with Crippen molar-refractivity contribution in [1.82, 2.24) is 0 Å². The zero-order chi connectivity index (χ0) is 11.9. The van der Waals surface area contributed by atoms with Crippen LogP contribution in [-0.4, -0.2) is 0 Å². The van der Waals surface area contributed by atoms with Gasteiger partial charge < -0.3 is 0 Å². The quantitative estimate of drug-likeness (QED) is 0.455. The maximum atomic E-state index is 2.47. The third-order valence-electron chi connectivity index (χ3n) is 4.70. The molecule has 0 aromatic carbocycles. The first kappa shape index (κ1) is 15.0. The van der Waals surface area contributed by atoms with Crippen LogP contribution in [0.3, 0.4) is 0 Å². The zero-order valence-corrected chi connectivity index (χ0v) is 11.9. The van der Waals surface area contributed by atoms with Crippen LogP contribution in [0.15, 0.2) is 0 Å². The van der Waals surface area contributed by atoms with Gasteiger partial charge in [0.1, 0.15) is 0 Å². The highest BCUT2D eigenvalue weighted by atomic mass is 14.4. The van der Waals surface area contributed by atoms with Crippen molar-refractivity contribution in [2.45, 2.75) is 80.1 Å². The summed E-state index contributed by atoms with van der Waals surface area (Å²) in [6.45, 7) is 14.3. The molecular weight excluding hydrogens is 180 g/mol. The van der Waals surface area contributed by atoms with Crippen molar-refractivity contribution in [2.24, 2.45) is 17.3 Å². The Labute approximate surface area is 97.8 Å². The van der Waals surface area contributed by atoms with Gasteiger partial charge in [-0.1, -0.05) is 80.1 Å². The Morgan fingerprint density at radius 3 is 1.93 bits per heavy atom. The van der Waals surface area contributed by atoms with Crippen LogP contribution in [-0.2, 0) is 0 Å². The van der Waals surface area contributed by atoms with E-state index < -0.39 is 0 Å². The summed E-state index contributed by atoms with van der Waals surface area (Å²) in [7, 11) is 0. The normalized spacial score (nSPS) is 17.8. The van der Waals surface area contributed by atoms with Crippen molar-refractivity contribution in [3.63, 3.8) is 0 Å². The summed E-state index contributed by atoms with van der Waals surface area (Å²) in [6.07, 6.45) is 8.36. The van der Waals surface area contributed by atoms with Gasteiger partial charge in [-0.05, 0) is 17.3 Å². The molecule has 0 saturated heterocycles. The summed E-state index contributed by atoms with van der Waals surface area (Å²) in [5.74, 6) is 1.68. The third-order valence-corrected chi connectivity index (χ3v) is 4.70. The molecule has 0 radical (unpaired) electrons. The van der Waals surface area contributed by atoms with Gasteiger partial charge in [0.05, 0.1) is 0 Å². The summed E-state index contributed by atoms with van der Waals surface area (Å²) in [5, 5.41) is 0. The SMILES string of the molecule is CCCCCCC(C)C(C)(CC)C(C)C. The minimum atomic E-state index is 0.548. The largest absolute Gasteiger partial charge is 0.0654 e. The van der Waals surface area contributed by atoms with Crippen LogP contribution >= 0.6 is 0 Å². The lowest BCUT2D eigenvalue weighted by molar-refractivity contribution is 0.109. The van der Waals surface area contributed by atoms with E-state index in [1.54, 1.807) is 0 Å². The van der Waals surface area contributed by atoms with Crippen LogP contribution in [0, 0.1) is 17.3 Å². The van der Waals surface area contributed by atoms with Crippen molar-refractivity contribution >= 4 is 0 Å². The second kappa shape index (κ2) is 7.30. The molecule has 15 heavy (non-hydrogen) atoms. The third kappa shape index (κ3) is 4.57. The molecule has 0 heteroatoms. The molecule has 0 bridgehead atoms. The topological polar surface area (TPSA) is 0 Å². The second-order valence-electron chi connectivity index (χ2n) is 5.76. The summed E-state index contributed by atoms with van der Waals surface area (Å²) in [6, 6.07) is 0. The highest BCUT2D eigenvalue weighted by Crippen LogP contribution is 2.41.